The number of carboxylic acid groups (broad SMARTS) is 1. The zero-order valence-corrected chi connectivity index (χ0v) is 17.4. The SMILES string of the molecule is COc1ccc(C(C)C)cc1-c1cccc(C(CC(=O)O)c2ncc(C)s2)c1. The number of aryl methyl sites for hydroxylation is 1. The van der Waals surface area contributed by atoms with Crippen molar-refractivity contribution >= 4 is 17.3 Å². The summed E-state index contributed by atoms with van der Waals surface area (Å²) in [7, 11) is 1.67. The number of nitrogens with zero attached hydrogens (tertiary/aromatic N) is 1. The number of carboxylic acids is 1. The van der Waals surface area contributed by atoms with E-state index in [0.717, 1.165) is 32.3 Å². The first-order valence-corrected chi connectivity index (χ1v) is 10.1. The van der Waals surface area contributed by atoms with E-state index in [2.05, 4.69) is 37.0 Å². The molecule has 4 nitrogen and oxygen atoms in total. The molecule has 0 spiro atoms. The minimum atomic E-state index is -0.831. The van der Waals surface area contributed by atoms with Gasteiger partial charge in [0.1, 0.15) is 10.8 Å². The van der Waals surface area contributed by atoms with Gasteiger partial charge in [-0.2, -0.15) is 0 Å². The van der Waals surface area contributed by atoms with Crippen LogP contribution >= 0.6 is 11.3 Å². The summed E-state index contributed by atoms with van der Waals surface area (Å²) in [5, 5.41) is 10.3. The molecule has 0 saturated heterocycles. The number of rotatable bonds is 7. The fraction of sp³-hybridized carbons (Fsp3) is 0.304. The van der Waals surface area contributed by atoms with E-state index < -0.39 is 5.97 Å². The molecular formula is C23H25NO3S. The molecule has 3 rings (SSSR count). The van der Waals surface area contributed by atoms with Crippen molar-refractivity contribution in [1.29, 1.82) is 0 Å². The summed E-state index contributed by atoms with van der Waals surface area (Å²) in [6.07, 6.45) is 1.81. The van der Waals surface area contributed by atoms with Crippen LogP contribution in [0.25, 0.3) is 11.1 Å². The molecule has 0 bridgehead atoms. The fourth-order valence-corrected chi connectivity index (χ4v) is 4.19. The molecule has 0 aliphatic rings. The third-order valence-electron chi connectivity index (χ3n) is 4.81. The smallest absolute Gasteiger partial charge is 0.304 e. The first kappa shape index (κ1) is 20.1. The molecule has 1 atom stereocenters. The molecule has 3 aromatic rings. The maximum atomic E-state index is 11.5. The lowest BCUT2D eigenvalue weighted by Gasteiger charge is -2.16. The molecule has 0 radical (unpaired) electrons. The zero-order chi connectivity index (χ0) is 20.3. The second-order valence-corrected chi connectivity index (χ2v) is 8.47. The minimum Gasteiger partial charge on any atom is -0.496 e. The van der Waals surface area contributed by atoms with Crippen LogP contribution in [0.2, 0.25) is 0 Å². The van der Waals surface area contributed by atoms with Gasteiger partial charge < -0.3 is 9.84 Å². The first-order valence-electron chi connectivity index (χ1n) is 9.31. The number of aliphatic carboxylic acids is 1. The van der Waals surface area contributed by atoms with Crippen molar-refractivity contribution in [1.82, 2.24) is 4.98 Å². The molecule has 1 aromatic heterocycles. The van der Waals surface area contributed by atoms with Crippen LogP contribution in [-0.2, 0) is 4.79 Å². The van der Waals surface area contributed by atoms with Crippen LogP contribution in [0, 0.1) is 6.92 Å². The van der Waals surface area contributed by atoms with E-state index in [-0.39, 0.29) is 12.3 Å². The van der Waals surface area contributed by atoms with E-state index in [1.54, 1.807) is 24.6 Å². The number of aromatic nitrogens is 1. The third-order valence-corrected chi connectivity index (χ3v) is 5.83. The number of benzene rings is 2. The second-order valence-electron chi connectivity index (χ2n) is 7.20. The van der Waals surface area contributed by atoms with E-state index in [1.165, 1.54) is 5.56 Å². The Hall–Kier alpha value is -2.66. The van der Waals surface area contributed by atoms with Crippen molar-refractivity contribution in [3.8, 4) is 16.9 Å². The van der Waals surface area contributed by atoms with Gasteiger partial charge in [-0.25, -0.2) is 4.98 Å². The molecule has 1 unspecified atom stereocenters. The van der Waals surface area contributed by atoms with Crippen LogP contribution in [0.3, 0.4) is 0 Å². The summed E-state index contributed by atoms with van der Waals surface area (Å²) in [6, 6.07) is 14.3. The Bertz CT molecular complexity index is 977. The number of carbonyl (C=O) groups is 1. The molecule has 0 fully saturated rings. The van der Waals surface area contributed by atoms with Gasteiger partial charge in [0.2, 0.25) is 0 Å². The van der Waals surface area contributed by atoms with Crippen molar-refractivity contribution in [2.75, 3.05) is 7.11 Å². The van der Waals surface area contributed by atoms with Gasteiger partial charge in [0.05, 0.1) is 13.5 Å². The van der Waals surface area contributed by atoms with Gasteiger partial charge in [0.25, 0.3) is 0 Å². The zero-order valence-electron chi connectivity index (χ0n) is 16.6. The Morgan fingerprint density at radius 3 is 2.57 bits per heavy atom. The van der Waals surface area contributed by atoms with Crippen LogP contribution in [0.5, 0.6) is 5.75 Å². The highest BCUT2D eigenvalue weighted by molar-refractivity contribution is 7.11. The quantitative estimate of drug-likeness (QED) is 0.544. The fourth-order valence-electron chi connectivity index (χ4n) is 3.29. The molecule has 28 heavy (non-hydrogen) atoms. The molecule has 0 amide bonds. The van der Waals surface area contributed by atoms with E-state index >= 15 is 0 Å². The van der Waals surface area contributed by atoms with Crippen LogP contribution in [0.15, 0.2) is 48.7 Å². The monoisotopic (exact) mass is 395 g/mol. The molecule has 0 saturated carbocycles. The van der Waals surface area contributed by atoms with E-state index in [9.17, 15) is 9.90 Å². The first-order chi connectivity index (χ1) is 13.4. The summed E-state index contributed by atoms with van der Waals surface area (Å²) in [4.78, 5) is 17.0. The highest BCUT2D eigenvalue weighted by Gasteiger charge is 2.22. The second kappa shape index (κ2) is 8.57. The van der Waals surface area contributed by atoms with E-state index in [0.29, 0.717) is 5.92 Å². The summed E-state index contributed by atoms with van der Waals surface area (Å²) in [5.41, 5.74) is 4.21. The predicted octanol–water partition coefficient (Wildman–Crippen LogP) is 5.86. The van der Waals surface area contributed by atoms with Crippen molar-refractivity contribution in [3.05, 3.63) is 69.7 Å². The van der Waals surface area contributed by atoms with Gasteiger partial charge in [-0.05, 0) is 41.7 Å². The lowest BCUT2D eigenvalue weighted by Crippen LogP contribution is -2.08. The molecule has 146 valence electrons. The Balaban J connectivity index is 2.08. The number of methoxy groups -OCH3 is 1. The summed E-state index contributed by atoms with van der Waals surface area (Å²) in [6.45, 7) is 6.31. The van der Waals surface area contributed by atoms with Crippen molar-refractivity contribution < 1.29 is 14.6 Å². The normalized spacial score (nSPS) is 12.2. The van der Waals surface area contributed by atoms with Gasteiger partial charge in [-0.3, -0.25) is 4.79 Å². The molecule has 0 aliphatic heterocycles. The number of hydrogen-bond acceptors (Lipinski definition) is 4. The largest absolute Gasteiger partial charge is 0.496 e. The average Bonchev–Trinajstić information content (AvgIpc) is 3.11. The predicted molar refractivity (Wildman–Crippen MR) is 113 cm³/mol. The Labute approximate surface area is 169 Å². The van der Waals surface area contributed by atoms with E-state index in [1.807, 2.05) is 31.2 Å². The Morgan fingerprint density at radius 1 is 1.18 bits per heavy atom. The maximum Gasteiger partial charge on any atom is 0.304 e. The van der Waals surface area contributed by atoms with Crippen molar-refractivity contribution in [2.45, 2.75) is 39.0 Å². The van der Waals surface area contributed by atoms with Crippen LogP contribution in [-0.4, -0.2) is 23.2 Å². The highest BCUT2D eigenvalue weighted by Crippen LogP contribution is 2.37. The van der Waals surface area contributed by atoms with Crippen molar-refractivity contribution in [3.63, 3.8) is 0 Å². The lowest BCUT2D eigenvalue weighted by atomic mass is 9.91. The Morgan fingerprint density at radius 2 is 1.96 bits per heavy atom. The van der Waals surface area contributed by atoms with Crippen LogP contribution in [0.1, 0.15) is 53.1 Å². The van der Waals surface area contributed by atoms with Gasteiger partial charge >= 0.3 is 5.97 Å². The summed E-state index contributed by atoms with van der Waals surface area (Å²) in [5.74, 6) is 0.116. The average molecular weight is 396 g/mol. The van der Waals surface area contributed by atoms with Crippen LogP contribution in [0.4, 0.5) is 0 Å². The minimum absolute atomic E-state index is 0.0135. The van der Waals surface area contributed by atoms with Gasteiger partial charge in [-0.1, -0.05) is 44.2 Å². The summed E-state index contributed by atoms with van der Waals surface area (Å²) >= 11 is 1.55. The summed E-state index contributed by atoms with van der Waals surface area (Å²) < 4.78 is 5.58. The topological polar surface area (TPSA) is 59.4 Å². The van der Waals surface area contributed by atoms with Gasteiger partial charge in [0, 0.05) is 22.6 Å². The molecule has 5 heteroatoms. The molecule has 1 N–H and O–H groups in total. The number of hydrogen-bond donors (Lipinski definition) is 1. The molecule has 2 aromatic carbocycles. The van der Waals surface area contributed by atoms with Gasteiger partial charge in [-0.15, -0.1) is 11.3 Å². The molecule has 1 heterocycles. The molecular weight excluding hydrogens is 370 g/mol. The number of thiazole rings is 1. The standard InChI is InChI=1S/C23H25NO3S/c1-14(2)16-8-9-21(27-4)19(11-16)17-6-5-7-18(10-17)20(12-22(25)26)23-24-13-15(3)28-23/h5-11,13-14,20H,12H2,1-4H3,(H,25,26). The van der Waals surface area contributed by atoms with Crippen molar-refractivity contribution in [2.24, 2.45) is 0 Å². The highest BCUT2D eigenvalue weighted by atomic mass is 32.1. The Kier molecular flexibility index (Phi) is 6.15. The lowest BCUT2D eigenvalue weighted by molar-refractivity contribution is -0.137. The molecule has 0 aliphatic carbocycles. The number of ether oxygens (including phenoxy) is 1. The third kappa shape index (κ3) is 4.42. The van der Waals surface area contributed by atoms with E-state index in [4.69, 9.17) is 4.74 Å². The maximum absolute atomic E-state index is 11.5. The van der Waals surface area contributed by atoms with Gasteiger partial charge in [0.15, 0.2) is 0 Å². The van der Waals surface area contributed by atoms with Crippen LogP contribution < -0.4 is 4.74 Å².